The van der Waals surface area contributed by atoms with Crippen molar-refractivity contribution < 1.29 is 13.2 Å². The third-order valence-corrected chi connectivity index (χ3v) is 2.16. The zero-order valence-corrected chi connectivity index (χ0v) is 8.55. The summed E-state index contributed by atoms with van der Waals surface area (Å²) in [6.07, 6.45) is -4.18. The fraction of sp³-hybridized carbons (Fsp3) is 0.333. The average molecular weight is 243 g/mol. The number of benzene rings is 1. The average Bonchev–Trinajstić information content (AvgIpc) is 2.02. The van der Waals surface area contributed by atoms with Gasteiger partial charge in [0.1, 0.15) is 0 Å². The van der Waals surface area contributed by atoms with Crippen molar-refractivity contribution in [1.82, 2.24) is 0 Å². The van der Waals surface area contributed by atoms with Gasteiger partial charge in [0, 0.05) is 10.9 Å². The summed E-state index contributed by atoms with van der Waals surface area (Å²) >= 11 is 11.0. The zero-order chi connectivity index (χ0) is 10.8. The van der Waals surface area contributed by atoms with E-state index in [1.807, 2.05) is 0 Å². The molecule has 1 rings (SSSR count). The van der Waals surface area contributed by atoms with E-state index in [0.717, 1.165) is 6.07 Å². The molecule has 0 nitrogen and oxygen atoms in total. The lowest BCUT2D eigenvalue weighted by molar-refractivity contribution is -0.138. The van der Waals surface area contributed by atoms with E-state index in [9.17, 15) is 13.2 Å². The quantitative estimate of drug-likeness (QED) is 0.684. The predicted molar refractivity (Wildman–Crippen MR) is 50.9 cm³/mol. The summed E-state index contributed by atoms with van der Waals surface area (Å²) in [7, 11) is 0. The van der Waals surface area contributed by atoms with Gasteiger partial charge in [-0.05, 0) is 30.2 Å². The van der Waals surface area contributed by atoms with Crippen LogP contribution in [-0.2, 0) is 12.6 Å². The molecule has 0 amide bonds. The summed E-state index contributed by atoms with van der Waals surface area (Å²) in [6, 6.07) is 3.50. The van der Waals surface area contributed by atoms with Crippen molar-refractivity contribution in [3.8, 4) is 0 Å². The molecule has 1 aromatic carbocycles. The first kappa shape index (κ1) is 11.7. The first-order valence-corrected chi connectivity index (χ1v) is 4.78. The molecule has 0 bridgehead atoms. The van der Waals surface area contributed by atoms with Crippen LogP contribution in [0.15, 0.2) is 18.2 Å². The first-order chi connectivity index (χ1) is 6.45. The zero-order valence-electron chi connectivity index (χ0n) is 7.04. The van der Waals surface area contributed by atoms with Gasteiger partial charge in [0.15, 0.2) is 0 Å². The molecule has 0 unspecified atom stereocenters. The van der Waals surface area contributed by atoms with Crippen LogP contribution in [0, 0.1) is 0 Å². The fourth-order valence-electron chi connectivity index (χ4n) is 1.15. The van der Waals surface area contributed by atoms with Crippen molar-refractivity contribution in [2.45, 2.75) is 12.6 Å². The highest BCUT2D eigenvalue weighted by molar-refractivity contribution is 6.30. The van der Waals surface area contributed by atoms with Crippen molar-refractivity contribution in [1.29, 1.82) is 0 Å². The van der Waals surface area contributed by atoms with Crippen LogP contribution in [0.2, 0.25) is 5.02 Å². The van der Waals surface area contributed by atoms with E-state index < -0.39 is 11.7 Å². The molecule has 0 aromatic heterocycles. The van der Waals surface area contributed by atoms with Gasteiger partial charge in [0.25, 0.3) is 0 Å². The molecule has 0 aliphatic carbocycles. The van der Waals surface area contributed by atoms with Gasteiger partial charge < -0.3 is 0 Å². The predicted octanol–water partition coefficient (Wildman–Crippen LogP) is 4.14. The molecule has 5 heteroatoms. The lowest BCUT2D eigenvalue weighted by Crippen LogP contribution is -2.09. The SMILES string of the molecule is FC(F)(F)c1ccc(Cl)cc1CCCl. The molecule has 0 heterocycles. The number of aryl methyl sites for hydroxylation is 1. The van der Waals surface area contributed by atoms with E-state index in [-0.39, 0.29) is 22.9 Å². The summed E-state index contributed by atoms with van der Waals surface area (Å²) in [4.78, 5) is 0. The topological polar surface area (TPSA) is 0 Å². The Labute approximate surface area is 89.6 Å². The van der Waals surface area contributed by atoms with Crippen LogP contribution in [-0.4, -0.2) is 5.88 Å². The summed E-state index contributed by atoms with van der Waals surface area (Å²) in [5.41, 5.74) is -0.525. The standard InChI is InChI=1S/C9H7Cl2F3/c10-4-3-6-5-7(11)1-2-8(6)9(12,13)14/h1-2,5H,3-4H2. The lowest BCUT2D eigenvalue weighted by Gasteiger charge is -2.11. The van der Waals surface area contributed by atoms with Crippen LogP contribution in [0.3, 0.4) is 0 Å². The second-order valence-corrected chi connectivity index (χ2v) is 3.55. The van der Waals surface area contributed by atoms with Crippen LogP contribution >= 0.6 is 23.2 Å². The largest absolute Gasteiger partial charge is 0.416 e. The van der Waals surface area contributed by atoms with Gasteiger partial charge in [0.05, 0.1) is 5.56 Å². The van der Waals surface area contributed by atoms with Gasteiger partial charge in [-0.25, -0.2) is 0 Å². The van der Waals surface area contributed by atoms with Gasteiger partial charge in [-0.1, -0.05) is 11.6 Å². The Balaban J connectivity index is 3.15. The Morgan fingerprint density at radius 3 is 2.36 bits per heavy atom. The molecule has 0 spiro atoms. The maximum absolute atomic E-state index is 12.4. The summed E-state index contributed by atoms with van der Waals surface area (Å²) in [5, 5.41) is 0.290. The highest BCUT2D eigenvalue weighted by Gasteiger charge is 2.32. The Morgan fingerprint density at radius 1 is 1.21 bits per heavy atom. The summed E-state index contributed by atoms with van der Waals surface area (Å²) in [6.45, 7) is 0. The maximum Gasteiger partial charge on any atom is 0.416 e. The molecule has 0 radical (unpaired) electrons. The lowest BCUT2D eigenvalue weighted by atomic mass is 10.1. The molecule has 0 atom stereocenters. The minimum absolute atomic E-state index is 0.139. The molecule has 0 N–H and O–H groups in total. The van der Waals surface area contributed by atoms with Gasteiger partial charge in [-0.2, -0.15) is 13.2 Å². The fourth-order valence-corrected chi connectivity index (χ4v) is 1.55. The maximum atomic E-state index is 12.4. The molecule has 0 aliphatic heterocycles. The van der Waals surface area contributed by atoms with Crippen LogP contribution in [0.4, 0.5) is 13.2 Å². The van der Waals surface area contributed by atoms with Crippen molar-refractivity contribution in [3.63, 3.8) is 0 Å². The van der Waals surface area contributed by atoms with Crippen molar-refractivity contribution in [2.24, 2.45) is 0 Å². The van der Waals surface area contributed by atoms with E-state index in [2.05, 4.69) is 0 Å². The van der Waals surface area contributed by atoms with Crippen molar-refractivity contribution >= 4 is 23.2 Å². The number of hydrogen-bond donors (Lipinski definition) is 0. The molecular weight excluding hydrogens is 236 g/mol. The van der Waals surface area contributed by atoms with Gasteiger partial charge in [-0.15, -0.1) is 11.6 Å². The van der Waals surface area contributed by atoms with Gasteiger partial charge in [-0.3, -0.25) is 0 Å². The molecule has 0 fully saturated rings. The second kappa shape index (κ2) is 4.41. The number of alkyl halides is 4. The van der Waals surface area contributed by atoms with E-state index in [1.54, 1.807) is 0 Å². The van der Waals surface area contributed by atoms with Crippen LogP contribution in [0.5, 0.6) is 0 Å². The van der Waals surface area contributed by atoms with Crippen molar-refractivity contribution in [3.05, 3.63) is 34.3 Å². The number of rotatable bonds is 2. The van der Waals surface area contributed by atoms with Crippen LogP contribution in [0.25, 0.3) is 0 Å². The molecule has 1 aromatic rings. The van der Waals surface area contributed by atoms with E-state index in [1.165, 1.54) is 12.1 Å². The second-order valence-electron chi connectivity index (χ2n) is 2.74. The minimum Gasteiger partial charge on any atom is -0.166 e. The normalized spacial score (nSPS) is 11.8. The van der Waals surface area contributed by atoms with Crippen molar-refractivity contribution in [2.75, 3.05) is 5.88 Å². The van der Waals surface area contributed by atoms with Gasteiger partial charge >= 0.3 is 6.18 Å². The Morgan fingerprint density at radius 2 is 1.86 bits per heavy atom. The van der Waals surface area contributed by atoms with E-state index >= 15 is 0 Å². The third kappa shape index (κ3) is 2.79. The Bertz CT molecular complexity index is 320. The molecule has 0 aliphatic rings. The third-order valence-electron chi connectivity index (χ3n) is 1.74. The highest BCUT2D eigenvalue weighted by Crippen LogP contribution is 2.33. The van der Waals surface area contributed by atoms with Crippen LogP contribution < -0.4 is 0 Å². The summed E-state index contributed by atoms with van der Waals surface area (Å²) < 4.78 is 37.3. The van der Waals surface area contributed by atoms with Gasteiger partial charge in [0.2, 0.25) is 0 Å². The smallest absolute Gasteiger partial charge is 0.166 e. The molecular formula is C9H7Cl2F3. The Hall–Kier alpha value is -0.410. The minimum atomic E-state index is -4.34. The number of hydrogen-bond acceptors (Lipinski definition) is 0. The monoisotopic (exact) mass is 242 g/mol. The molecule has 14 heavy (non-hydrogen) atoms. The molecule has 0 saturated carbocycles. The van der Waals surface area contributed by atoms with E-state index in [4.69, 9.17) is 23.2 Å². The van der Waals surface area contributed by atoms with E-state index in [0.29, 0.717) is 0 Å². The van der Waals surface area contributed by atoms with Crippen LogP contribution in [0.1, 0.15) is 11.1 Å². The molecule has 0 saturated heterocycles. The Kier molecular flexibility index (Phi) is 3.67. The summed E-state index contributed by atoms with van der Waals surface area (Å²) in [5.74, 6) is 0.142. The first-order valence-electron chi connectivity index (χ1n) is 3.86. The number of halogens is 5. The molecule has 78 valence electrons. The highest BCUT2D eigenvalue weighted by atomic mass is 35.5.